The average Bonchev–Trinajstić information content (AvgIpc) is 3.19. The van der Waals surface area contributed by atoms with Gasteiger partial charge in [0.1, 0.15) is 4.88 Å². The third-order valence-corrected chi connectivity index (χ3v) is 4.71. The fourth-order valence-corrected chi connectivity index (χ4v) is 3.26. The molecule has 24 heavy (non-hydrogen) atoms. The normalized spacial score (nSPS) is 15.5. The third kappa shape index (κ3) is 3.50. The maximum absolute atomic E-state index is 12.0. The van der Waals surface area contributed by atoms with E-state index >= 15 is 0 Å². The lowest BCUT2D eigenvalue weighted by atomic mass is 10.2. The molecule has 2 amide bonds. The molecule has 0 radical (unpaired) electrons. The Balaban J connectivity index is 1.83. The molecule has 2 heterocycles. The minimum absolute atomic E-state index is 0.276. The Labute approximate surface area is 145 Å². The molecule has 1 saturated heterocycles. The van der Waals surface area contributed by atoms with Crippen molar-refractivity contribution >= 4 is 46.3 Å². The molecule has 1 N–H and O–H groups in total. The van der Waals surface area contributed by atoms with Crippen molar-refractivity contribution in [2.45, 2.75) is 0 Å². The minimum Gasteiger partial charge on any atom is -0.493 e. The number of carbonyl (C=O) groups is 3. The molecule has 1 aliphatic rings. The van der Waals surface area contributed by atoms with Crippen molar-refractivity contribution in [1.29, 1.82) is 0 Å². The van der Waals surface area contributed by atoms with Gasteiger partial charge in [0.15, 0.2) is 11.5 Å². The van der Waals surface area contributed by atoms with Crippen LogP contribution in [0.3, 0.4) is 0 Å². The topological polar surface area (TPSA) is 81.7 Å². The fourth-order valence-electron chi connectivity index (χ4n) is 1.98. The summed E-state index contributed by atoms with van der Waals surface area (Å²) in [6.45, 7) is 0. The van der Waals surface area contributed by atoms with Crippen molar-refractivity contribution < 1.29 is 23.9 Å². The van der Waals surface area contributed by atoms with Gasteiger partial charge >= 0.3 is 5.97 Å². The Hall–Kier alpha value is -2.58. The molecule has 1 fully saturated rings. The molecule has 0 bridgehead atoms. The molecule has 0 unspecified atom stereocenters. The molecule has 0 spiro atoms. The van der Waals surface area contributed by atoms with Crippen LogP contribution in [0.2, 0.25) is 0 Å². The number of nitrogens with one attached hydrogen (secondary N) is 1. The van der Waals surface area contributed by atoms with Crippen molar-refractivity contribution in [2.75, 3.05) is 7.11 Å². The molecule has 1 aromatic heterocycles. The lowest BCUT2D eigenvalue weighted by molar-refractivity contribution is -0.115. The summed E-state index contributed by atoms with van der Waals surface area (Å²) < 4.78 is 10.6. The fraction of sp³-hybridized carbons (Fsp3) is 0.0625. The van der Waals surface area contributed by atoms with E-state index in [1.807, 2.05) is 0 Å². The van der Waals surface area contributed by atoms with Crippen LogP contribution in [0.5, 0.6) is 11.5 Å². The molecular formula is C16H11NO5S2. The van der Waals surface area contributed by atoms with Crippen molar-refractivity contribution in [3.8, 4) is 11.5 Å². The van der Waals surface area contributed by atoms with Crippen molar-refractivity contribution in [2.24, 2.45) is 0 Å². The van der Waals surface area contributed by atoms with E-state index in [0.717, 1.165) is 11.8 Å². The van der Waals surface area contributed by atoms with Crippen molar-refractivity contribution in [1.82, 2.24) is 5.32 Å². The number of hydrogen-bond acceptors (Lipinski definition) is 7. The second kappa shape index (κ2) is 6.90. The molecule has 1 aliphatic heterocycles. The molecule has 8 heteroatoms. The zero-order chi connectivity index (χ0) is 17.1. The smallest absolute Gasteiger partial charge is 0.353 e. The number of thiophene rings is 1. The highest BCUT2D eigenvalue weighted by Gasteiger charge is 2.25. The number of carbonyl (C=O) groups excluding carboxylic acids is 3. The second-order valence-electron chi connectivity index (χ2n) is 4.63. The van der Waals surface area contributed by atoms with Gasteiger partial charge in [0.05, 0.1) is 12.0 Å². The largest absolute Gasteiger partial charge is 0.493 e. The number of rotatable bonds is 4. The van der Waals surface area contributed by atoms with Crippen LogP contribution in [-0.2, 0) is 4.79 Å². The van der Waals surface area contributed by atoms with Crippen LogP contribution in [0.15, 0.2) is 40.6 Å². The van der Waals surface area contributed by atoms with Gasteiger partial charge in [-0.2, -0.15) is 0 Å². The molecule has 0 aliphatic carbocycles. The van der Waals surface area contributed by atoms with Gasteiger partial charge in [-0.1, -0.05) is 12.1 Å². The zero-order valence-electron chi connectivity index (χ0n) is 12.4. The Morgan fingerprint density at radius 1 is 1.21 bits per heavy atom. The van der Waals surface area contributed by atoms with Crippen LogP contribution in [0.4, 0.5) is 4.79 Å². The summed E-state index contributed by atoms with van der Waals surface area (Å²) in [4.78, 5) is 35.5. The lowest BCUT2D eigenvalue weighted by Crippen LogP contribution is -2.17. The summed E-state index contributed by atoms with van der Waals surface area (Å²) >= 11 is 2.12. The summed E-state index contributed by atoms with van der Waals surface area (Å²) in [6.07, 6.45) is 1.57. The van der Waals surface area contributed by atoms with Gasteiger partial charge in [-0.25, -0.2) is 4.79 Å². The van der Waals surface area contributed by atoms with E-state index < -0.39 is 17.1 Å². The quantitative estimate of drug-likeness (QED) is 0.511. The number of imide groups is 1. The van der Waals surface area contributed by atoms with E-state index in [1.54, 1.807) is 41.8 Å². The SMILES string of the molecule is COc1cc(/C=C2\SC(=O)NC2=O)ccc1OC(=O)c1cccs1. The predicted molar refractivity (Wildman–Crippen MR) is 91.4 cm³/mol. The summed E-state index contributed by atoms with van der Waals surface area (Å²) in [5, 5.41) is 3.57. The lowest BCUT2D eigenvalue weighted by Gasteiger charge is -2.09. The standard InChI is InChI=1S/C16H11NO5S2/c1-21-11-7-9(8-13-14(18)17-16(20)24-13)4-5-10(11)22-15(19)12-3-2-6-23-12/h2-8H,1H3,(H,17,18,20)/b13-8-. The highest BCUT2D eigenvalue weighted by Crippen LogP contribution is 2.32. The van der Waals surface area contributed by atoms with Gasteiger partial charge in [-0.3, -0.25) is 14.9 Å². The van der Waals surface area contributed by atoms with Gasteiger partial charge in [-0.05, 0) is 47.0 Å². The first-order valence-electron chi connectivity index (χ1n) is 6.75. The van der Waals surface area contributed by atoms with Gasteiger partial charge in [0.25, 0.3) is 11.1 Å². The molecule has 0 saturated carbocycles. The number of esters is 1. The molecule has 122 valence electrons. The van der Waals surface area contributed by atoms with Crippen LogP contribution in [0, 0.1) is 0 Å². The molecular weight excluding hydrogens is 350 g/mol. The van der Waals surface area contributed by atoms with E-state index in [2.05, 4.69) is 5.32 Å². The minimum atomic E-state index is -0.467. The number of amides is 2. The number of benzene rings is 1. The van der Waals surface area contributed by atoms with Crippen LogP contribution in [0.25, 0.3) is 6.08 Å². The number of thioether (sulfide) groups is 1. The Bertz CT molecular complexity index is 842. The third-order valence-electron chi connectivity index (χ3n) is 3.05. The maximum Gasteiger partial charge on any atom is 0.353 e. The monoisotopic (exact) mass is 361 g/mol. The summed E-state index contributed by atoms with van der Waals surface area (Å²) in [5.74, 6) is -0.274. The van der Waals surface area contributed by atoms with Gasteiger partial charge in [0, 0.05) is 0 Å². The second-order valence-corrected chi connectivity index (χ2v) is 6.59. The van der Waals surface area contributed by atoms with Crippen LogP contribution >= 0.6 is 23.1 Å². The van der Waals surface area contributed by atoms with Gasteiger partial charge in [-0.15, -0.1) is 11.3 Å². The highest BCUT2D eigenvalue weighted by molar-refractivity contribution is 8.18. The maximum atomic E-state index is 12.0. The number of methoxy groups -OCH3 is 1. The summed E-state index contributed by atoms with van der Waals surface area (Å²) in [7, 11) is 1.45. The van der Waals surface area contributed by atoms with Crippen LogP contribution in [0.1, 0.15) is 15.2 Å². The average molecular weight is 361 g/mol. The number of ether oxygens (including phenoxy) is 2. The van der Waals surface area contributed by atoms with E-state index in [9.17, 15) is 14.4 Å². The Kier molecular flexibility index (Phi) is 4.68. The first-order chi connectivity index (χ1) is 11.6. The van der Waals surface area contributed by atoms with Crippen molar-refractivity contribution in [3.05, 3.63) is 51.1 Å². The molecule has 0 atom stereocenters. The van der Waals surface area contributed by atoms with E-state index in [1.165, 1.54) is 18.4 Å². The summed E-state index contributed by atoms with van der Waals surface area (Å²) in [6, 6.07) is 8.31. The molecule has 3 rings (SSSR count). The summed E-state index contributed by atoms with van der Waals surface area (Å²) in [5.41, 5.74) is 0.648. The molecule has 1 aromatic carbocycles. The first kappa shape index (κ1) is 16.3. The molecule has 6 nitrogen and oxygen atoms in total. The van der Waals surface area contributed by atoms with Gasteiger partial charge in [0.2, 0.25) is 0 Å². The Morgan fingerprint density at radius 2 is 2.04 bits per heavy atom. The predicted octanol–water partition coefficient (Wildman–Crippen LogP) is 3.30. The van der Waals surface area contributed by atoms with Crippen LogP contribution < -0.4 is 14.8 Å². The highest BCUT2D eigenvalue weighted by atomic mass is 32.2. The van der Waals surface area contributed by atoms with E-state index in [-0.39, 0.29) is 5.75 Å². The molecule has 2 aromatic rings. The van der Waals surface area contributed by atoms with E-state index in [4.69, 9.17) is 9.47 Å². The van der Waals surface area contributed by atoms with Crippen LogP contribution in [-0.4, -0.2) is 24.2 Å². The van der Waals surface area contributed by atoms with Gasteiger partial charge < -0.3 is 9.47 Å². The van der Waals surface area contributed by atoms with Crippen molar-refractivity contribution in [3.63, 3.8) is 0 Å². The van der Waals surface area contributed by atoms with E-state index in [0.29, 0.717) is 21.1 Å². The number of hydrogen-bond donors (Lipinski definition) is 1. The first-order valence-corrected chi connectivity index (χ1v) is 8.45. The zero-order valence-corrected chi connectivity index (χ0v) is 14.0. The Morgan fingerprint density at radius 3 is 2.67 bits per heavy atom.